The Kier molecular flexibility index (Phi) is 6.93. The number of nitrogens with zero attached hydrogens (tertiary/aromatic N) is 4. The Morgan fingerprint density at radius 3 is 2.59 bits per heavy atom. The van der Waals surface area contributed by atoms with Gasteiger partial charge in [-0.1, -0.05) is 16.8 Å². The van der Waals surface area contributed by atoms with Gasteiger partial charge in [0.15, 0.2) is 11.5 Å². The molecule has 34 heavy (non-hydrogen) atoms. The van der Waals surface area contributed by atoms with Gasteiger partial charge in [-0.3, -0.25) is 4.68 Å². The van der Waals surface area contributed by atoms with E-state index in [1.807, 2.05) is 16.9 Å². The molecule has 0 atom stereocenters. The van der Waals surface area contributed by atoms with Gasteiger partial charge in [-0.15, -0.1) is 0 Å². The monoisotopic (exact) mass is 501 g/mol. The van der Waals surface area contributed by atoms with Crippen LogP contribution in [0.2, 0.25) is 5.02 Å². The van der Waals surface area contributed by atoms with Crippen molar-refractivity contribution in [2.75, 3.05) is 26.3 Å². The summed E-state index contributed by atoms with van der Waals surface area (Å²) < 4.78 is 50.3. The van der Waals surface area contributed by atoms with Gasteiger partial charge in [0, 0.05) is 11.8 Å². The number of halogens is 4. The quantitative estimate of drug-likeness (QED) is 0.554. The van der Waals surface area contributed by atoms with E-state index in [1.54, 1.807) is 12.3 Å². The van der Waals surface area contributed by atoms with Crippen molar-refractivity contribution < 1.29 is 37.1 Å². The van der Waals surface area contributed by atoms with Crippen molar-refractivity contribution in [2.24, 2.45) is 0 Å². The first-order valence-electron chi connectivity index (χ1n) is 10.2. The van der Waals surface area contributed by atoms with Gasteiger partial charge in [0.05, 0.1) is 22.8 Å². The summed E-state index contributed by atoms with van der Waals surface area (Å²) in [6.07, 6.45) is 0.762. The Bertz CT molecular complexity index is 1160. The molecule has 1 saturated heterocycles. The van der Waals surface area contributed by atoms with E-state index in [0.717, 1.165) is 31.5 Å². The van der Waals surface area contributed by atoms with Crippen molar-refractivity contribution >= 4 is 17.6 Å². The molecule has 5 rings (SSSR count). The predicted molar refractivity (Wildman–Crippen MR) is 112 cm³/mol. The van der Waals surface area contributed by atoms with Gasteiger partial charge in [0.25, 0.3) is 5.89 Å². The summed E-state index contributed by atoms with van der Waals surface area (Å²) in [5, 5.41) is 19.5. The number of aromatic nitrogens is 4. The molecule has 2 aromatic heterocycles. The molecule has 3 aromatic rings. The van der Waals surface area contributed by atoms with Crippen LogP contribution in [-0.2, 0) is 4.79 Å². The summed E-state index contributed by atoms with van der Waals surface area (Å²) in [4.78, 5) is 13.4. The molecule has 182 valence electrons. The summed E-state index contributed by atoms with van der Waals surface area (Å²) in [6.45, 7) is 2.99. The fraction of sp³-hybridized carbons (Fsp3) is 0.400. The zero-order valence-electron chi connectivity index (χ0n) is 17.5. The number of alkyl halides is 3. The fourth-order valence-corrected chi connectivity index (χ4v) is 3.68. The lowest BCUT2D eigenvalue weighted by molar-refractivity contribution is -0.192. The van der Waals surface area contributed by atoms with E-state index in [9.17, 15) is 13.2 Å². The standard InChI is InChI=1S/C18H18ClN5O3.C2HF3O2/c19-14-7-11(8-15-16(14)26-6-5-25-15)17-22-18(27-23-17)12-9-21-24(10-12)13-1-3-20-4-2-13;3-2(4,5)1(6)7/h7-10,13,20H,1-6H2;(H,6,7). The highest BCUT2D eigenvalue weighted by Crippen LogP contribution is 2.40. The number of carboxylic acid groups (broad SMARTS) is 1. The highest BCUT2D eigenvalue weighted by atomic mass is 35.5. The number of ether oxygens (including phenoxy) is 2. The highest BCUT2D eigenvalue weighted by Gasteiger charge is 2.38. The number of fused-ring (bicyclic) bond motifs is 1. The first kappa shape index (κ1) is 23.8. The predicted octanol–water partition coefficient (Wildman–Crippen LogP) is 3.58. The third kappa shape index (κ3) is 5.42. The highest BCUT2D eigenvalue weighted by molar-refractivity contribution is 6.32. The van der Waals surface area contributed by atoms with Crippen LogP contribution in [0, 0.1) is 0 Å². The molecular weight excluding hydrogens is 483 g/mol. The molecule has 2 aliphatic rings. The first-order valence-corrected chi connectivity index (χ1v) is 10.6. The number of piperidine rings is 1. The number of aliphatic carboxylic acids is 1. The Labute approximate surface area is 195 Å². The molecule has 0 spiro atoms. The lowest BCUT2D eigenvalue weighted by Gasteiger charge is -2.22. The van der Waals surface area contributed by atoms with Gasteiger partial charge in [-0.25, -0.2) is 4.79 Å². The Morgan fingerprint density at radius 2 is 1.88 bits per heavy atom. The van der Waals surface area contributed by atoms with E-state index in [1.165, 1.54) is 0 Å². The van der Waals surface area contributed by atoms with Crippen LogP contribution >= 0.6 is 11.6 Å². The molecule has 0 bridgehead atoms. The molecule has 0 unspecified atom stereocenters. The molecule has 0 saturated carbocycles. The van der Waals surface area contributed by atoms with Crippen molar-refractivity contribution in [2.45, 2.75) is 25.1 Å². The number of carboxylic acids is 1. The van der Waals surface area contributed by atoms with Crippen LogP contribution in [0.15, 0.2) is 29.0 Å². The van der Waals surface area contributed by atoms with Gasteiger partial charge in [-0.05, 0) is 38.1 Å². The number of rotatable bonds is 3. The maximum Gasteiger partial charge on any atom is 0.490 e. The topological polar surface area (TPSA) is 125 Å². The summed E-state index contributed by atoms with van der Waals surface area (Å²) in [7, 11) is 0. The van der Waals surface area contributed by atoms with Crippen LogP contribution in [-0.4, -0.2) is 63.5 Å². The molecule has 2 N–H and O–H groups in total. The normalized spacial score (nSPS) is 16.0. The summed E-state index contributed by atoms with van der Waals surface area (Å²) in [6, 6.07) is 3.97. The van der Waals surface area contributed by atoms with Crippen molar-refractivity contribution in [3.8, 4) is 34.3 Å². The molecule has 0 radical (unpaired) electrons. The van der Waals surface area contributed by atoms with Crippen LogP contribution in [0.5, 0.6) is 11.5 Å². The Morgan fingerprint density at radius 1 is 1.18 bits per heavy atom. The van der Waals surface area contributed by atoms with E-state index in [4.69, 9.17) is 35.5 Å². The molecule has 1 fully saturated rings. The van der Waals surface area contributed by atoms with E-state index in [2.05, 4.69) is 20.6 Å². The third-order valence-electron chi connectivity index (χ3n) is 5.05. The van der Waals surface area contributed by atoms with Gasteiger partial charge in [0.1, 0.15) is 13.2 Å². The number of hydrogen-bond donors (Lipinski definition) is 2. The average molecular weight is 502 g/mol. The van der Waals surface area contributed by atoms with E-state index in [0.29, 0.717) is 53.1 Å². The van der Waals surface area contributed by atoms with Gasteiger partial charge in [0.2, 0.25) is 5.82 Å². The molecule has 0 amide bonds. The van der Waals surface area contributed by atoms with E-state index < -0.39 is 12.1 Å². The lowest BCUT2D eigenvalue weighted by atomic mass is 10.1. The molecule has 10 nitrogen and oxygen atoms in total. The van der Waals surface area contributed by atoms with Crippen molar-refractivity contribution in [1.29, 1.82) is 0 Å². The number of benzene rings is 1. The van der Waals surface area contributed by atoms with E-state index >= 15 is 0 Å². The summed E-state index contributed by atoms with van der Waals surface area (Å²) >= 11 is 6.30. The molecule has 1 aromatic carbocycles. The molecule has 14 heteroatoms. The minimum atomic E-state index is -5.08. The minimum Gasteiger partial charge on any atom is -0.486 e. The number of carbonyl (C=O) groups is 1. The largest absolute Gasteiger partial charge is 0.490 e. The number of hydrogen-bond acceptors (Lipinski definition) is 8. The summed E-state index contributed by atoms with van der Waals surface area (Å²) in [5.74, 6) is -0.741. The van der Waals surface area contributed by atoms with Crippen LogP contribution in [0.25, 0.3) is 22.8 Å². The van der Waals surface area contributed by atoms with Crippen molar-refractivity contribution in [3.63, 3.8) is 0 Å². The molecule has 0 aliphatic carbocycles. The van der Waals surface area contributed by atoms with Crippen LogP contribution in [0.1, 0.15) is 18.9 Å². The van der Waals surface area contributed by atoms with Crippen LogP contribution < -0.4 is 14.8 Å². The molecule has 4 heterocycles. The zero-order chi connectivity index (χ0) is 24.3. The Hall–Kier alpha value is -3.32. The SMILES string of the molecule is Clc1cc(-c2noc(-c3cnn(C4CCNCC4)c3)n2)cc2c1OCCO2.O=C(O)C(F)(F)F. The second kappa shape index (κ2) is 9.89. The summed E-state index contributed by atoms with van der Waals surface area (Å²) in [5.41, 5.74) is 1.51. The van der Waals surface area contributed by atoms with Gasteiger partial charge < -0.3 is 24.4 Å². The van der Waals surface area contributed by atoms with E-state index in [-0.39, 0.29) is 0 Å². The van der Waals surface area contributed by atoms with Crippen molar-refractivity contribution in [1.82, 2.24) is 25.2 Å². The second-order valence-corrected chi connectivity index (χ2v) is 7.81. The minimum absolute atomic E-state index is 0.402. The first-order chi connectivity index (χ1) is 16.2. The maximum absolute atomic E-state index is 10.6. The number of nitrogens with one attached hydrogen (secondary N) is 1. The average Bonchev–Trinajstić information content (AvgIpc) is 3.50. The zero-order valence-corrected chi connectivity index (χ0v) is 18.3. The van der Waals surface area contributed by atoms with Crippen LogP contribution in [0.3, 0.4) is 0 Å². The second-order valence-electron chi connectivity index (χ2n) is 7.40. The van der Waals surface area contributed by atoms with Gasteiger partial charge in [-0.2, -0.15) is 23.3 Å². The maximum atomic E-state index is 10.6. The molecular formula is C20H19ClF3N5O5. The van der Waals surface area contributed by atoms with Crippen molar-refractivity contribution in [3.05, 3.63) is 29.5 Å². The lowest BCUT2D eigenvalue weighted by Crippen LogP contribution is -2.29. The Balaban J connectivity index is 0.000000344. The smallest absolute Gasteiger partial charge is 0.486 e. The molecule has 2 aliphatic heterocycles. The van der Waals surface area contributed by atoms with Gasteiger partial charge >= 0.3 is 12.1 Å². The fourth-order valence-electron chi connectivity index (χ4n) is 3.42. The van der Waals surface area contributed by atoms with Crippen LogP contribution in [0.4, 0.5) is 13.2 Å². The third-order valence-corrected chi connectivity index (χ3v) is 5.34.